The first-order valence-corrected chi connectivity index (χ1v) is 18.8. The predicted octanol–water partition coefficient (Wildman–Crippen LogP) is 13.0. The molecule has 0 aromatic heterocycles. The van der Waals surface area contributed by atoms with Crippen molar-refractivity contribution >= 4 is 5.97 Å². The Morgan fingerprint density at radius 1 is 0.556 bits per heavy atom. The Bertz CT molecular complexity index is 968. The van der Waals surface area contributed by atoms with Gasteiger partial charge in [0.05, 0.1) is 17.8 Å². The highest BCUT2D eigenvalue weighted by Crippen LogP contribution is 2.23. The lowest BCUT2D eigenvalue weighted by molar-refractivity contribution is 0.0626. The van der Waals surface area contributed by atoms with E-state index < -0.39 is 0 Å². The number of benzene rings is 2. The maximum Gasteiger partial charge on any atom is 0.343 e. The third kappa shape index (κ3) is 18.4. The molecule has 0 saturated carbocycles. The number of unbranched alkanes of at least 4 members (excludes halogenated alkanes) is 16. The maximum absolute atomic E-state index is 12.7. The molecular weight excluding hydrogens is 556 g/mol. The average Bonchev–Trinajstić information content (AvgIpc) is 3.06. The van der Waals surface area contributed by atoms with Crippen molar-refractivity contribution in [3.05, 3.63) is 59.7 Å². The minimum atomic E-state index is -0.358. The average molecular weight is 623 g/mol. The fraction of sp³-hybridized carbons (Fsp3) is 0.683. The minimum Gasteiger partial charge on any atom is -0.490 e. The van der Waals surface area contributed by atoms with E-state index in [0.717, 1.165) is 43.6 Å². The highest BCUT2D eigenvalue weighted by atomic mass is 16.5. The van der Waals surface area contributed by atoms with E-state index in [0.29, 0.717) is 11.3 Å². The molecule has 4 heteroatoms. The van der Waals surface area contributed by atoms with E-state index in [2.05, 4.69) is 27.7 Å². The van der Waals surface area contributed by atoms with Crippen LogP contribution in [0.2, 0.25) is 0 Å². The molecule has 0 radical (unpaired) electrons. The molecule has 0 aliphatic rings. The molecule has 0 N–H and O–H groups in total. The first kappa shape index (κ1) is 38.9. The second-order valence-electron chi connectivity index (χ2n) is 13.0. The summed E-state index contributed by atoms with van der Waals surface area (Å²) in [5.41, 5.74) is 1.61. The first-order chi connectivity index (χ1) is 22.1. The zero-order valence-electron chi connectivity index (χ0n) is 29.5. The summed E-state index contributed by atoms with van der Waals surface area (Å²) in [5, 5.41) is 0. The lowest BCUT2D eigenvalue weighted by atomic mass is 10.0. The van der Waals surface area contributed by atoms with Gasteiger partial charge in [0.15, 0.2) is 0 Å². The molecule has 254 valence electrons. The number of ether oxygens (including phenoxy) is 3. The van der Waals surface area contributed by atoms with Crippen LogP contribution >= 0.6 is 0 Å². The van der Waals surface area contributed by atoms with Crippen molar-refractivity contribution in [1.82, 2.24) is 0 Å². The smallest absolute Gasteiger partial charge is 0.343 e. The minimum absolute atomic E-state index is 0.00724. The van der Waals surface area contributed by atoms with Crippen molar-refractivity contribution in [2.45, 2.75) is 175 Å². The molecular formula is C41H66O4. The maximum atomic E-state index is 12.7. The Morgan fingerprint density at radius 2 is 1.04 bits per heavy atom. The molecule has 45 heavy (non-hydrogen) atoms. The lowest BCUT2D eigenvalue weighted by Gasteiger charge is -2.18. The SMILES string of the molecule is CCCCCCCCCCCCCCCCCCOC(C)c1ccc(C(=O)Oc2ccc(OC(CCC)CCCC)cc2)cc1. The molecule has 0 aliphatic heterocycles. The Morgan fingerprint density at radius 3 is 1.56 bits per heavy atom. The Hall–Kier alpha value is -2.33. The molecule has 2 atom stereocenters. The van der Waals surface area contributed by atoms with Crippen molar-refractivity contribution in [2.75, 3.05) is 6.61 Å². The van der Waals surface area contributed by atoms with Crippen LogP contribution in [0.15, 0.2) is 48.5 Å². The largest absolute Gasteiger partial charge is 0.490 e. The van der Waals surface area contributed by atoms with E-state index in [-0.39, 0.29) is 18.2 Å². The quantitative estimate of drug-likeness (QED) is 0.0538. The van der Waals surface area contributed by atoms with Crippen molar-refractivity contribution < 1.29 is 19.0 Å². The van der Waals surface area contributed by atoms with Gasteiger partial charge in [0.2, 0.25) is 0 Å². The molecule has 2 aromatic carbocycles. The summed E-state index contributed by atoms with van der Waals surface area (Å²) in [5.74, 6) is 0.985. The van der Waals surface area contributed by atoms with Crippen LogP contribution in [0.3, 0.4) is 0 Å². The molecule has 4 nitrogen and oxygen atoms in total. The topological polar surface area (TPSA) is 44.8 Å². The number of hydrogen-bond acceptors (Lipinski definition) is 4. The Labute approximate surface area is 277 Å². The molecule has 0 aliphatic carbocycles. The Balaban J connectivity index is 1.54. The van der Waals surface area contributed by atoms with E-state index in [1.165, 1.54) is 109 Å². The van der Waals surface area contributed by atoms with E-state index in [1.807, 2.05) is 36.4 Å². The van der Waals surface area contributed by atoms with Gasteiger partial charge in [0, 0.05) is 6.61 Å². The fourth-order valence-corrected chi connectivity index (χ4v) is 5.86. The number of carbonyl (C=O) groups excluding carboxylic acids is 1. The number of rotatable bonds is 28. The summed E-state index contributed by atoms with van der Waals surface area (Å²) >= 11 is 0. The van der Waals surface area contributed by atoms with Crippen molar-refractivity contribution in [2.24, 2.45) is 0 Å². The van der Waals surface area contributed by atoms with Crippen LogP contribution in [0.25, 0.3) is 0 Å². The summed E-state index contributed by atoms with van der Waals surface area (Å²) in [6, 6.07) is 15.0. The van der Waals surface area contributed by atoms with E-state index in [1.54, 1.807) is 12.1 Å². The first-order valence-electron chi connectivity index (χ1n) is 18.8. The Kier molecular flexibility index (Phi) is 22.3. The summed E-state index contributed by atoms with van der Waals surface area (Å²) < 4.78 is 17.9. The van der Waals surface area contributed by atoms with Crippen LogP contribution in [-0.4, -0.2) is 18.7 Å². The zero-order chi connectivity index (χ0) is 32.4. The van der Waals surface area contributed by atoms with Crippen LogP contribution in [0, 0.1) is 0 Å². The third-order valence-electron chi connectivity index (χ3n) is 8.81. The van der Waals surface area contributed by atoms with E-state index in [4.69, 9.17) is 14.2 Å². The highest BCUT2D eigenvalue weighted by molar-refractivity contribution is 5.91. The van der Waals surface area contributed by atoms with Gasteiger partial charge in [-0.15, -0.1) is 0 Å². The molecule has 2 unspecified atom stereocenters. The summed E-state index contributed by atoms with van der Waals surface area (Å²) in [6.07, 6.45) is 27.8. The lowest BCUT2D eigenvalue weighted by Crippen LogP contribution is -2.16. The van der Waals surface area contributed by atoms with Gasteiger partial charge in [0.1, 0.15) is 11.5 Å². The van der Waals surface area contributed by atoms with Gasteiger partial charge in [-0.25, -0.2) is 4.79 Å². The molecule has 2 aromatic rings. The van der Waals surface area contributed by atoms with E-state index in [9.17, 15) is 4.79 Å². The van der Waals surface area contributed by atoms with Crippen LogP contribution in [0.1, 0.15) is 185 Å². The molecule has 0 saturated heterocycles. The van der Waals surface area contributed by atoms with E-state index >= 15 is 0 Å². The van der Waals surface area contributed by atoms with Crippen molar-refractivity contribution in [3.8, 4) is 11.5 Å². The van der Waals surface area contributed by atoms with Crippen LogP contribution in [0.4, 0.5) is 0 Å². The van der Waals surface area contributed by atoms with Gasteiger partial charge in [0.25, 0.3) is 0 Å². The van der Waals surface area contributed by atoms with Gasteiger partial charge in [-0.3, -0.25) is 0 Å². The van der Waals surface area contributed by atoms with Crippen LogP contribution in [0.5, 0.6) is 11.5 Å². The molecule has 0 spiro atoms. The standard InChI is InChI=1S/C41H66O4/c1-5-8-10-11-12-13-14-15-16-17-18-19-20-21-22-23-34-43-35(4)36-26-28-37(29-27-36)41(42)45-40-32-30-39(31-33-40)44-38(24-7-3)25-9-6-2/h26-33,35,38H,5-25,34H2,1-4H3. The van der Waals surface area contributed by atoms with Crippen LogP contribution < -0.4 is 9.47 Å². The van der Waals surface area contributed by atoms with Gasteiger partial charge in [-0.05, 0) is 68.1 Å². The monoisotopic (exact) mass is 622 g/mol. The number of carbonyl (C=O) groups is 1. The van der Waals surface area contributed by atoms with Crippen molar-refractivity contribution in [3.63, 3.8) is 0 Å². The van der Waals surface area contributed by atoms with Gasteiger partial charge < -0.3 is 14.2 Å². The third-order valence-corrected chi connectivity index (χ3v) is 8.81. The molecule has 0 fully saturated rings. The van der Waals surface area contributed by atoms with Gasteiger partial charge in [-0.2, -0.15) is 0 Å². The number of hydrogen-bond donors (Lipinski definition) is 0. The normalized spacial score (nSPS) is 12.6. The zero-order valence-corrected chi connectivity index (χ0v) is 29.5. The summed E-state index contributed by atoms with van der Waals surface area (Å²) in [4.78, 5) is 12.7. The fourth-order valence-electron chi connectivity index (χ4n) is 5.86. The highest BCUT2D eigenvalue weighted by Gasteiger charge is 2.13. The molecule has 0 heterocycles. The summed E-state index contributed by atoms with van der Waals surface area (Å²) in [7, 11) is 0. The predicted molar refractivity (Wildman–Crippen MR) is 191 cm³/mol. The van der Waals surface area contributed by atoms with Gasteiger partial charge >= 0.3 is 5.97 Å². The van der Waals surface area contributed by atoms with Gasteiger partial charge in [-0.1, -0.05) is 148 Å². The second-order valence-corrected chi connectivity index (χ2v) is 13.0. The molecule has 0 amide bonds. The molecule has 2 rings (SSSR count). The van der Waals surface area contributed by atoms with Crippen molar-refractivity contribution in [1.29, 1.82) is 0 Å². The second kappa shape index (κ2) is 25.8. The van der Waals surface area contributed by atoms with Crippen LogP contribution in [-0.2, 0) is 4.74 Å². The summed E-state index contributed by atoms with van der Waals surface area (Å²) in [6.45, 7) is 9.54. The molecule has 0 bridgehead atoms. The number of esters is 1.